The molecule has 0 bridgehead atoms. The van der Waals surface area contributed by atoms with Crippen molar-refractivity contribution in [1.29, 1.82) is 0 Å². The molecule has 0 saturated heterocycles. The number of methoxy groups -OCH3 is 3. The van der Waals surface area contributed by atoms with E-state index in [0.29, 0.717) is 34.5 Å². The summed E-state index contributed by atoms with van der Waals surface area (Å²) in [5, 5.41) is 6.56. The molecule has 0 fully saturated rings. The lowest BCUT2D eigenvalue weighted by atomic mass is 10.2. The van der Waals surface area contributed by atoms with Gasteiger partial charge in [-0.3, -0.25) is 4.79 Å². The molecule has 0 atom stereocenters. The summed E-state index contributed by atoms with van der Waals surface area (Å²) < 4.78 is 15.7. The molecule has 0 unspecified atom stereocenters. The van der Waals surface area contributed by atoms with E-state index < -0.39 is 0 Å². The van der Waals surface area contributed by atoms with Crippen LogP contribution in [0.1, 0.15) is 6.42 Å². The standard InChI is InChI=1S/C18H21ClN2O4/c1-23-13-5-7-17(25-3)15(11-13)21-18(22)8-9-20-14-10-12(19)4-6-16(14)24-2/h4-7,10-11,20H,8-9H2,1-3H3,(H,21,22). The lowest BCUT2D eigenvalue weighted by Crippen LogP contribution is -2.17. The molecular formula is C18H21ClN2O4. The van der Waals surface area contributed by atoms with Gasteiger partial charge in [-0.15, -0.1) is 0 Å². The summed E-state index contributed by atoms with van der Waals surface area (Å²) in [6.45, 7) is 0.425. The number of amides is 1. The molecule has 2 aromatic carbocycles. The van der Waals surface area contributed by atoms with Crippen molar-refractivity contribution in [3.05, 3.63) is 41.4 Å². The van der Waals surface area contributed by atoms with Gasteiger partial charge in [-0.1, -0.05) is 11.6 Å². The van der Waals surface area contributed by atoms with Crippen molar-refractivity contribution < 1.29 is 19.0 Å². The van der Waals surface area contributed by atoms with Gasteiger partial charge in [0.2, 0.25) is 5.91 Å². The van der Waals surface area contributed by atoms with Gasteiger partial charge >= 0.3 is 0 Å². The van der Waals surface area contributed by atoms with Gasteiger partial charge in [0.25, 0.3) is 0 Å². The van der Waals surface area contributed by atoms with Gasteiger partial charge < -0.3 is 24.8 Å². The van der Waals surface area contributed by atoms with Crippen molar-refractivity contribution in [2.24, 2.45) is 0 Å². The molecule has 0 heterocycles. The number of rotatable bonds is 8. The first kappa shape index (κ1) is 18.7. The zero-order chi connectivity index (χ0) is 18.2. The van der Waals surface area contributed by atoms with E-state index in [-0.39, 0.29) is 12.3 Å². The Bertz CT molecular complexity index is 737. The first-order valence-corrected chi connectivity index (χ1v) is 8.04. The van der Waals surface area contributed by atoms with Crippen LogP contribution in [0.5, 0.6) is 17.2 Å². The van der Waals surface area contributed by atoms with E-state index in [0.717, 1.165) is 5.69 Å². The van der Waals surface area contributed by atoms with E-state index in [4.69, 9.17) is 25.8 Å². The molecule has 2 aromatic rings. The van der Waals surface area contributed by atoms with Crippen LogP contribution in [-0.4, -0.2) is 33.8 Å². The molecule has 25 heavy (non-hydrogen) atoms. The Kier molecular flexibility index (Phi) is 6.77. The predicted molar refractivity (Wildman–Crippen MR) is 99.3 cm³/mol. The van der Waals surface area contributed by atoms with Crippen molar-refractivity contribution in [3.8, 4) is 17.2 Å². The summed E-state index contributed by atoms with van der Waals surface area (Å²) in [5.74, 6) is 1.72. The molecule has 7 heteroatoms. The zero-order valence-corrected chi connectivity index (χ0v) is 15.1. The number of carbonyl (C=O) groups is 1. The Hall–Kier alpha value is -2.60. The van der Waals surface area contributed by atoms with Crippen LogP contribution in [0.3, 0.4) is 0 Å². The van der Waals surface area contributed by atoms with E-state index >= 15 is 0 Å². The monoisotopic (exact) mass is 364 g/mol. The van der Waals surface area contributed by atoms with Gasteiger partial charge in [0, 0.05) is 24.1 Å². The summed E-state index contributed by atoms with van der Waals surface area (Å²) in [6.07, 6.45) is 0.260. The molecule has 0 aliphatic heterocycles. The quantitative estimate of drug-likeness (QED) is 0.745. The Morgan fingerprint density at radius 3 is 2.32 bits per heavy atom. The highest BCUT2D eigenvalue weighted by Gasteiger charge is 2.10. The number of halogens is 1. The molecule has 6 nitrogen and oxygen atoms in total. The summed E-state index contributed by atoms with van der Waals surface area (Å²) in [5.41, 5.74) is 1.30. The topological polar surface area (TPSA) is 68.8 Å². The van der Waals surface area contributed by atoms with Crippen LogP contribution in [0.2, 0.25) is 5.02 Å². The van der Waals surface area contributed by atoms with Crippen molar-refractivity contribution in [1.82, 2.24) is 0 Å². The van der Waals surface area contributed by atoms with Crippen molar-refractivity contribution in [3.63, 3.8) is 0 Å². The minimum absolute atomic E-state index is 0.153. The first-order chi connectivity index (χ1) is 12.1. The van der Waals surface area contributed by atoms with Crippen LogP contribution < -0.4 is 24.8 Å². The molecule has 0 aromatic heterocycles. The average molecular weight is 365 g/mol. The van der Waals surface area contributed by atoms with Crippen molar-refractivity contribution in [2.45, 2.75) is 6.42 Å². The third-order valence-corrected chi connectivity index (χ3v) is 3.74. The minimum Gasteiger partial charge on any atom is -0.497 e. The number of anilines is 2. The molecule has 0 aliphatic rings. The number of carbonyl (C=O) groups excluding carboxylic acids is 1. The predicted octanol–water partition coefficient (Wildman–Crippen LogP) is 3.81. The minimum atomic E-state index is -0.153. The maximum atomic E-state index is 12.2. The molecule has 0 spiro atoms. The van der Waals surface area contributed by atoms with Crippen LogP contribution in [0.4, 0.5) is 11.4 Å². The number of ether oxygens (including phenoxy) is 3. The largest absolute Gasteiger partial charge is 0.497 e. The highest BCUT2D eigenvalue weighted by atomic mass is 35.5. The van der Waals surface area contributed by atoms with Crippen LogP contribution >= 0.6 is 11.6 Å². The molecule has 0 saturated carbocycles. The normalized spacial score (nSPS) is 10.1. The molecule has 0 radical (unpaired) electrons. The number of hydrogen-bond acceptors (Lipinski definition) is 5. The van der Waals surface area contributed by atoms with E-state index in [9.17, 15) is 4.79 Å². The smallest absolute Gasteiger partial charge is 0.226 e. The summed E-state index contributed by atoms with van der Waals surface area (Å²) >= 11 is 5.98. The van der Waals surface area contributed by atoms with Gasteiger partial charge in [0.1, 0.15) is 17.2 Å². The van der Waals surface area contributed by atoms with E-state index in [2.05, 4.69) is 10.6 Å². The second kappa shape index (κ2) is 9.03. The highest BCUT2D eigenvalue weighted by molar-refractivity contribution is 6.30. The summed E-state index contributed by atoms with van der Waals surface area (Å²) in [6, 6.07) is 10.5. The molecule has 134 valence electrons. The lowest BCUT2D eigenvalue weighted by molar-refractivity contribution is -0.116. The van der Waals surface area contributed by atoms with E-state index in [1.807, 2.05) is 0 Å². The molecular weight excluding hydrogens is 344 g/mol. The Morgan fingerprint density at radius 2 is 1.64 bits per heavy atom. The van der Waals surface area contributed by atoms with Crippen molar-refractivity contribution >= 4 is 28.9 Å². The number of benzene rings is 2. The SMILES string of the molecule is COc1ccc(OC)c(NC(=O)CCNc2cc(Cl)ccc2OC)c1. The van der Waals surface area contributed by atoms with Gasteiger partial charge in [-0.25, -0.2) is 0 Å². The third-order valence-electron chi connectivity index (χ3n) is 3.51. The third kappa shape index (κ3) is 5.19. The second-order valence-corrected chi connectivity index (χ2v) is 5.57. The van der Waals surface area contributed by atoms with Crippen LogP contribution in [-0.2, 0) is 4.79 Å². The zero-order valence-electron chi connectivity index (χ0n) is 14.4. The average Bonchev–Trinajstić information content (AvgIpc) is 2.61. The Morgan fingerprint density at radius 1 is 0.960 bits per heavy atom. The van der Waals surface area contributed by atoms with Crippen LogP contribution in [0.25, 0.3) is 0 Å². The van der Waals surface area contributed by atoms with Gasteiger partial charge in [0.05, 0.1) is 32.7 Å². The Balaban J connectivity index is 1.94. The fourth-order valence-corrected chi connectivity index (χ4v) is 2.43. The summed E-state index contributed by atoms with van der Waals surface area (Å²) in [7, 11) is 4.69. The summed E-state index contributed by atoms with van der Waals surface area (Å²) in [4.78, 5) is 12.2. The van der Waals surface area contributed by atoms with E-state index in [1.54, 1.807) is 57.7 Å². The Labute approximate surface area is 152 Å². The fourth-order valence-electron chi connectivity index (χ4n) is 2.25. The molecule has 0 aliphatic carbocycles. The molecule has 2 rings (SSSR count). The lowest BCUT2D eigenvalue weighted by Gasteiger charge is -2.13. The highest BCUT2D eigenvalue weighted by Crippen LogP contribution is 2.29. The number of nitrogens with one attached hydrogen (secondary N) is 2. The van der Waals surface area contributed by atoms with Gasteiger partial charge in [0.15, 0.2) is 0 Å². The number of hydrogen-bond donors (Lipinski definition) is 2. The van der Waals surface area contributed by atoms with Crippen LogP contribution in [0, 0.1) is 0 Å². The van der Waals surface area contributed by atoms with Gasteiger partial charge in [-0.2, -0.15) is 0 Å². The second-order valence-electron chi connectivity index (χ2n) is 5.14. The first-order valence-electron chi connectivity index (χ1n) is 7.66. The maximum absolute atomic E-state index is 12.2. The fraction of sp³-hybridized carbons (Fsp3) is 0.278. The maximum Gasteiger partial charge on any atom is 0.226 e. The van der Waals surface area contributed by atoms with Crippen LogP contribution in [0.15, 0.2) is 36.4 Å². The molecule has 2 N–H and O–H groups in total. The molecule has 1 amide bonds. The van der Waals surface area contributed by atoms with Gasteiger partial charge in [-0.05, 0) is 30.3 Å². The van der Waals surface area contributed by atoms with Crippen molar-refractivity contribution in [2.75, 3.05) is 38.5 Å². The van der Waals surface area contributed by atoms with E-state index in [1.165, 1.54) is 0 Å².